The van der Waals surface area contributed by atoms with Crippen molar-refractivity contribution >= 4 is 76.7 Å². The largest absolute Gasteiger partial charge is 0.309 e. The SMILES string of the molecule is C/C(=C/c1ccccc1)c1ccc(-c2ccccc2)cc1-c1cc(Sc2ccc3c(c2)c2cc(-c4ccccc4)ccc2n3-c2cccc(-c3ccc4sc5ccccc5c4c3)c2)ccc1C. The molecule has 0 N–H and O–H groups in total. The Labute approximate surface area is 400 Å². The summed E-state index contributed by atoms with van der Waals surface area (Å²) in [4.78, 5) is 2.41. The Morgan fingerprint density at radius 2 is 0.985 bits per heavy atom. The van der Waals surface area contributed by atoms with Crippen LogP contribution in [0.5, 0.6) is 0 Å². The maximum absolute atomic E-state index is 2.45. The maximum atomic E-state index is 2.45. The fraction of sp³-hybridized carbons (Fsp3) is 0.0312. The first kappa shape index (κ1) is 40.8. The molecule has 0 saturated carbocycles. The van der Waals surface area contributed by atoms with E-state index in [2.05, 4.69) is 255 Å². The highest BCUT2D eigenvalue weighted by Gasteiger charge is 2.18. The van der Waals surface area contributed by atoms with Crippen molar-refractivity contribution < 1.29 is 0 Å². The molecular formula is C64H45NS2. The van der Waals surface area contributed by atoms with Crippen molar-refractivity contribution in [2.24, 2.45) is 0 Å². The van der Waals surface area contributed by atoms with E-state index in [9.17, 15) is 0 Å². The van der Waals surface area contributed by atoms with Gasteiger partial charge < -0.3 is 4.57 Å². The first-order valence-corrected chi connectivity index (χ1v) is 24.5. The lowest BCUT2D eigenvalue weighted by Gasteiger charge is -2.17. The summed E-state index contributed by atoms with van der Waals surface area (Å²) in [5.41, 5.74) is 18.2. The van der Waals surface area contributed by atoms with Gasteiger partial charge >= 0.3 is 0 Å². The molecule has 0 spiro atoms. The molecule has 0 aliphatic rings. The summed E-state index contributed by atoms with van der Waals surface area (Å²) in [5, 5.41) is 5.11. The summed E-state index contributed by atoms with van der Waals surface area (Å²) in [6.45, 7) is 4.47. The van der Waals surface area contributed by atoms with Crippen LogP contribution in [0.4, 0.5) is 0 Å². The minimum atomic E-state index is 1.15. The third-order valence-electron chi connectivity index (χ3n) is 13.1. The molecule has 10 aromatic carbocycles. The first-order valence-electron chi connectivity index (χ1n) is 22.9. The molecule has 0 fully saturated rings. The zero-order valence-electron chi connectivity index (χ0n) is 37.3. The fourth-order valence-corrected chi connectivity index (χ4v) is 11.8. The van der Waals surface area contributed by atoms with Crippen molar-refractivity contribution in [2.75, 3.05) is 0 Å². The molecule has 3 heteroatoms. The number of rotatable bonds is 9. The molecule has 0 amide bonds. The topological polar surface area (TPSA) is 4.93 Å². The fourth-order valence-electron chi connectivity index (χ4n) is 9.77. The van der Waals surface area contributed by atoms with Gasteiger partial charge in [0.2, 0.25) is 0 Å². The van der Waals surface area contributed by atoms with E-state index in [1.165, 1.54) is 119 Å². The van der Waals surface area contributed by atoms with E-state index in [1.54, 1.807) is 0 Å². The average molecular weight is 892 g/mol. The number of nitrogens with zero attached hydrogens (tertiary/aromatic N) is 1. The van der Waals surface area contributed by atoms with Gasteiger partial charge in [0.1, 0.15) is 0 Å². The molecule has 0 saturated heterocycles. The van der Waals surface area contributed by atoms with E-state index >= 15 is 0 Å². The molecule has 318 valence electrons. The van der Waals surface area contributed by atoms with Crippen molar-refractivity contribution in [3.63, 3.8) is 0 Å². The standard InChI is InChI=1S/C64H45NS2/c1-42-25-29-52(40-56(42)57-37-48(45-17-8-4-9-18-45)26-31-54(57)43(2)35-44-15-6-3-7-16-44)66-53-30-33-62-59(41-53)58-38-49(46-19-10-5-11-20-46)27-32-61(58)65(62)51-22-14-21-47(36-51)50-28-34-64-60(39-50)55-23-12-13-24-63(55)67-64/h3-41H,1-2H3/b43-35-. The van der Waals surface area contributed by atoms with E-state index in [4.69, 9.17) is 0 Å². The predicted octanol–water partition coefficient (Wildman–Crippen LogP) is 18.8. The quantitative estimate of drug-likeness (QED) is 0.131. The van der Waals surface area contributed by atoms with Gasteiger partial charge in [0.25, 0.3) is 0 Å². The number of allylic oxidation sites excluding steroid dienone is 1. The first-order chi connectivity index (χ1) is 33.0. The average Bonchev–Trinajstić information content (AvgIpc) is 3.92. The van der Waals surface area contributed by atoms with Gasteiger partial charge in [-0.3, -0.25) is 0 Å². The van der Waals surface area contributed by atoms with Crippen molar-refractivity contribution in [3.8, 4) is 50.2 Å². The Morgan fingerprint density at radius 3 is 1.78 bits per heavy atom. The summed E-state index contributed by atoms with van der Waals surface area (Å²) < 4.78 is 5.10. The smallest absolute Gasteiger partial charge is 0.0541 e. The number of aromatic nitrogens is 1. The van der Waals surface area contributed by atoms with Gasteiger partial charge in [-0.25, -0.2) is 0 Å². The van der Waals surface area contributed by atoms with Crippen molar-refractivity contribution in [1.29, 1.82) is 0 Å². The van der Waals surface area contributed by atoms with Crippen LogP contribution in [0.25, 0.3) is 104 Å². The number of fused-ring (bicyclic) bond motifs is 6. The summed E-state index contributed by atoms with van der Waals surface area (Å²) in [7, 11) is 0. The molecule has 1 nitrogen and oxygen atoms in total. The highest BCUT2D eigenvalue weighted by Crippen LogP contribution is 2.43. The maximum Gasteiger partial charge on any atom is 0.0541 e. The van der Waals surface area contributed by atoms with Crippen molar-refractivity contribution in [1.82, 2.24) is 4.57 Å². The Hall–Kier alpha value is -7.69. The second-order valence-corrected chi connectivity index (χ2v) is 19.6. The molecule has 2 aromatic heterocycles. The molecule has 0 aliphatic heterocycles. The zero-order chi connectivity index (χ0) is 44.8. The Morgan fingerprint density at radius 1 is 0.418 bits per heavy atom. The van der Waals surface area contributed by atoms with Gasteiger partial charge in [0.05, 0.1) is 11.0 Å². The van der Waals surface area contributed by atoms with Crippen LogP contribution in [-0.2, 0) is 0 Å². The van der Waals surface area contributed by atoms with E-state index in [0.29, 0.717) is 0 Å². The zero-order valence-corrected chi connectivity index (χ0v) is 38.9. The normalized spacial score (nSPS) is 11.9. The lowest BCUT2D eigenvalue weighted by Crippen LogP contribution is -1.94. The molecule has 67 heavy (non-hydrogen) atoms. The summed E-state index contributed by atoms with van der Waals surface area (Å²) in [5.74, 6) is 0. The molecule has 0 aliphatic carbocycles. The van der Waals surface area contributed by atoms with Crippen LogP contribution in [0, 0.1) is 6.92 Å². The third kappa shape index (κ3) is 7.76. The van der Waals surface area contributed by atoms with Gasteiger partial charge in [-0.1, -0.05) is 169 Å². The number of aryl methyl sites for hydroxylation is 1. The highest BCUT2D eigenvalue weighted by atomic mass is 32.2. The van der Waals surface area contributed by atoms with E-state index in [0.717, 1.165) is 5.69 Å². The molecule has 2 heterocycles. The third-order valence-corrected chi connectivity index (χ3v) is 15.3. The second-order valence-electron chi connectivity index (χ2n) is 17.4. The van der Waals surface area contributed by atoms with Gasteiger partial charge in [0.15, 0.2) is 0 Å². The van der Waals surface area contributed by atoms with Gasteiger partial charge in [-0.2, -0.15) is 0 Å². The van der Waals surface area contributed by atoms with Crippen LogP contribution in [0.15, 0.2) is 240 Å². The van der Waals surface area contributed by atoms with Gasteiger partial charge in [-0.05, 0) is 159 Å². The molecule has 12 aromatic rings. The molecular weight excluding hydrogens is 847 g/mol. The number of hydrogen-bond donors (Lipinski definition) is 0. The lowest BCUT2D eigenvalue weighted by atomic mass is 9.89. The molecule has 12 rings (SSSR count). The minimum absolute atomic E-state index is 1.15. The number of hydrogen-bond acceptors (Lipinski definition) is 2. The van der Waals surface area contributed by atoms with Crippen molar-refractivity contribution in [3.05, 3.63) is 247 Å². The van der Waals surface area contributed by atoms with E-state index in [-0.39, 0.29) is 0 Å². The van der Waals surface area contributed by atoms with Gasteiger partial charge in [-0.15, -0.1) is 11.3 Å². The van der Waals surface area contributed by atoms with Crippen LogP contribution < -0.4 is 0 Å². The van der Waals surface area contributed by atoms with Gasteiger partial charge in [0, 0.05) is 46.4 Å². The summed E-state index contributed by atoms with van der Waals surface area (Å²) in [6, 6.07) is 84.7. The van der Waals surface area contributed by atoms with E-state index < -0.39 is 0 Å². The highest BCUT2D eigenvalue weighted by molar-refractivity contribution is 7.99. The van der Waals surface area contributed by atoms with Crippen LogP contribution in [-0.4, -0.2) is 4.57 Å². The summed E-state index contributed by atoms with van der Waals surface area (Å²) in [6.07, 6.45) is 2.30. The lowest BCUT2D eigenvalue weighted by molar-refractivity contribution is 1.18. The Balaban J connectivity index is 0.962. The van der Waals surface area contributed by atoms with Crippen LogP contribution >= 0.6 is 23.1 Å². The Kier molecular flexibility index (Phi) is 10.5. The minimum Gasteiger partial charge on any atom is -0.309 e. The molecule has 0 unspecified atom stereocenters. The van der Waals surface area contributed by atoms with Crippen LogP contribution in [0.3, 0.4) is 0 Å². The van der Waals surface area contributed by atoms with Crippen LogP contribution in [0.1, 0.15) is 23.6 Å². The Bertz CT molecular complexity index is 3840. The van der Waals surface area contributed by atoms with E-state index in [1.807, 2.05) is 23.1 Å². The number of thiophene rings is 1. The monoisotopic (exact) mass is 891 g/mol. The summed E-state index contributed by atoms with van der Waals surface area (Å²) >= 11 is 3.69. The number of benzene rings is 10. The second kappa shape index (κ2) is 17.3. The molecule has 0 bridgehead atoms. The molecule has 0 radical (unpaired) electrons. The van der Waals surface area contributed by atoms with Crippen molar-refractivity contribution in [2.45, 2.75) is 23.6 Å². The van der Waals surface area contributed by atoms with Crippen LogP contribution in [0.2, 0.25) is 0 Å². The molecule has 0 atom stereocenters. The predicted molar refractivity (Wildman–Crippen MR) is 291 cm³/mol.